The summed E-state index contributed by atoms with van der Waals surface area (Å²) in [7, 11) is 0. The maximum atomic E-state index is 13.4. The summed E-state index contributed by atoms with van der Waals surface area (Å²) in [6.45, 7) is 12.1. The van der Waals surface area contributed by atoms with Crippen LogP contribution in [-0.2, 0) is 16.0 Å². The van der Waals surface area contributed by atoms with Gasteiger partial charge in [0, 0.05) is 24.5 Å². The van der Waals surface area contributed by atoms with Crippen LogP contribution in [0, 0.1) is 6.92 Å². The second-order valence-electron chi connectivity index (χ2n) is 8.24. The molecule has 2 atom stereocenters. The smallest absolute Gasteiger partial charge is 0.237 e. The maximum absolute atomic E-state index is 13.4. The fourth-order valence-corrected chi connectivity index (χ4v) is 4.92. The zero-order valence-electron chi connectivity index (χ0n) is 19.3. The Balaban J connectivity index is 1.67. The monoisotopic (exact) mass is 470 g/mol. The van der Waals surface area contributed by atoms with Gasteiger partial charge < -0.3 is 19.5 Å². The molecule has 7 heteroatoms. The molecule has 6 nitrogen and oxygen atoms in total. The number of carbonyl (C=O) groups excluding carboxylic acids is 1. The van der Waals surface area contributed by atoms with Gasteiger partial charge in [-0.05, 0) is 42.5 Å². The summed E-state index contributed by atoms with van der Waals surface area (Å²) >= 11 is 1.74. The highest BCUT2D eigenvalue weighted by molar-refractivity contribution is 7.10. The molecule has 0 aliphatic carbocycles. The molecule has 1 N–H and O–H groups in total. The van der Waals surface area contributed by atoms with Crippen molar-refractivity contribution in [3.8, 4) is 5.75 Å². The van der Waals surface area contributed by atoms with Crippen molar-refractivity contribution in [1.29, 1.82) is 0 Å². The minimum atomic E-state index is -0.691. The van der Waals surface area contributed by atoms with Gasteiger partial charge >= 0.3 is 0 Å². The number of fused-ring (bicyclic) bond motifs is 1. The fraction of sp³-hybridized carbons (Fsp3) is 0.423. The number of hydrogen-bond donors (Lipinski definition) is 1. The number of rotatable bonds is 13. The Hall–Kier alpha value is -2.45. The van der Waals surface area contributed by atoms with Crippen molar-refractivity contribution in [1.82, 2.24) is 9.80 Å². The van der Waals surface area contributed by atoms with Crippen LogP contribution < -0.4 is 4.74 Å². The Kier molecular flexibility index (Phi) is 9.69. The van der Waals surface area contributed by atoms with Gasteiger partial charge in [-0.2, -0.15) is 0 Å². The molecule has 0 bridgehead atoms. The summed E-state index contributed by atoms with van der Waals surface area (Å²) in [5.74, 6) is 0.816. The van der Waals surface area contributed by atoms with Crippen LogP contribution in [0.4, 0.5) is 0 Å². The van der Waals surface area contributed by atoms with Crippen molar-refractivity contribution < 1.29 is 19.4 Å². The number of aliphatic hydroxyl groups is 1. The number of hydrogen-bond acceptors (Lipinski definition) is 6. The van der Waals surface area contributed by atoms with E-state index < -0.39 is 6.10 Å². The first-order valence-corrected chi connectivity index (χ1v) is 12.1. The lowest BCUT2D eigenvalue weighted by molar-refractivity contribution is -0.136. The number of benzene rings is 1. The second kappa shape index (κ2) is 12.7. The zero-order chi connectivity index (χ0) is 23.6. The number of nitrogens with zero attached hydrogens (tertiary/aromatic N) is 2. The van der Waals surface area contributed by atoms with E-state index in [9.17, 15) is 9.90 Å². The molecule has 0 saturated carbocycles. The molecule has 0 spiro atoms. The number of ether oxygens (including phenoxy) is 2. The van der Waals surface area contributed by atoms with Gasteiger partial charge in [0.05, 0.1) is 31.9 Å². The summed E-state index contributed by atoms with van der Waals surface area (Å²) in [5.41, 5.74) is 2.34. The van der Waals surface area contributed by atoms with E-state index in [1.54, 1.807) is 23.5 Å². The van der Waals surface area contributed by atoms with Crippen molar-refractivity contribution in [2.75, 3.05) is 46.0 Å². The van der Waals surface area contributed by atoms with Gasteiger partial charge in [0.15, 0.2) is 0 Å². The van der Waals surface area contributed by atoms with Gasteiger partial charge in [-0.1, -0.05) is 29.8 Å². The van der Waals surface area contributed by atoms with Crippen LogP contribution in [0.25, 0.3) is 0 Å². The molecular weight excluding hydrogens is 436 g/mol. The Labute approximate surface area is 200 Å². The lowest BCUT2D eigenvalue weighted by Crippen LogP contribution is -2.48. The van der Waals surface area contributed by atoms with E-state index in [-0.39, 0.29) is 25.1 Å². The molecule has 0 radical (unpaired) electrons. The molecule has 178 valence electrons. The summed E-state index contributed by atoms with van der Waals surface area (Å²) < 4.78 is 11.4. The van der Waals surface area contributed by atoms with Gasteiger partial charge in [0.2, 0.25) is 5.91 Å². The van der Waals surface area contributed by atoms with Gasteiger partial charge in [0.25, 0.3) is 0 Å². The standard InChI is InChI=1S/C26H34N2O4S/c1-4-12-27(16-21(29)18-31-14-5-2)17-26(30)28-13-10-25-23(11-15-33-25)24(28)19-32-22-8-6-20(3)7-9-22/h4-9,11,15,21,24,29H,1-2,10,12-14,16-19H2,3H3/t21-,24+/m1/s1. The first kappa shape index (κ1) is 25.2. The molecule has 2 heterocycles. The van der Waals surface area contributed by atoms with Crippen LogP contribution >= 0.6 is 11.3 Å². The molecular formula is C26H34N2O4S. The molecule has 0 unspecified atom stereocenters. The topological polar surface area (TPSA) is 62.2 Å². The van der Waals surface area contributed by atoms with Crippen LogP contribution in [0.2, 0.25) is 0 Å². The van der Waals surface area contributed by atoms with E-state index >= 15 is 0 Å². The van der Waals surface area contributed by atoms with Gasteiger partial charge in [-0.15, -0.1) is 24.5 Å². The Morgan fingerprint density at radius 1 is 1.30 bits per heavy atom. The van der Waals surface area contributed by atoms with Crippen LogP contribution in [0.1, 0.15) is 22.0 Å². The Morgan fingerprint density at radius 3 is 2.82 bits per heavy atom. The van der Waals surface area contributed by atoms with Crippen LogP contribution in [-0.4, -0.2) is 72.9 Å². The normalized spacial score (nSPS) is 16.3. The molecule has 33 heavy (non-hydrogen) atoms. The third-order valence-electron chi connectivity index (χ3n) is 5.61. The molecule has 0 saturated heterocycles. The van der Waals surface area contributed by atoms with Crippen LogP contribution in [0.5, 0.6) is 5.75 Å². The lowest BCUT2D eigenvalue weighted by atomic mass is 10.0. The molecule has 1 aliphatic heterocycles. The third-order valence-corrected chi connectivity index (χ3v) is 6.60. The van der Waals surface area contributed by atoms with E-state index in [1.807, 2.05) is 41.0 Å². The minimum Gasteiger partial charge on any atom is -0.491 e. The minimum absolute atomic E-state index is 0.0189. The van der Waals surface area contributed by atoms with Crippen molar-refractivity contribution >= 4 is 17.2 Å². The van der Waals surface area contributed by atoms with Crippen LogP contribution in [0.3, 0.4) is 0 Å². The van der Waals surface area contributed by atoms with E-state index in [0.29, 0.717) is 32.8 Å². The van der Waals surface area contributed by atoms with Crippen molar-refractivity contribution in [3.05, 3.63) is 77.0 Å². The van der Waals surface area contributed by atoms with Crippen molar-refractivity contribution in [2.24, 2.45) is 0 Å². The lowest BCUT2D eigenvalue weighted by Gasteiger charge is -2.37. The molecule has 1 amide bonds. The van der Waals surface area contributed by atoms with E-state index in [0.717, 1.165) is 12.2 Å². The maximum Gasteiger partial charge on any atom is 0.237 e. The molecule has 1 aromatic carbocycles. The summed E-state index contributed by atoms with van der Waals surface area (Å²) in [6, 6.07) is 9.92. The largest absolute Gasteiger partial charge is 0.491 e. The number of amides is 1. The number of aryl methyl sites for hydroxylation is 1. The molecule has 3 rings (SSSR count). The predicted octanol–water partition coefficient (Wildman–Crippen LogP) is 3.61. The number of aliphatic hydroxyl groups excluding tert-OH is 1. The number of carbonyl (C=O) groups is 1. The van der Waals surface area contributed by atoms with Crippen molar-refractivity contribution in [3.63, 3.8) is 0 Å². The average molecular weight is 471 g/mol. The molecule has 1 aromatic heterocycles. The fourth-order valence-electron chi connectivity index (χ4n) is 3.99. The van der Waals surface area contributed by atoms with Gasteiger partial charge in [-0.25, -0.2) is 0 Å². The van der Waals surface area contributed by atoms with E-state index in [4.69, 9.17) is 9.47 Å². The van der Waals surface area contributed by atoms with Crippen molar-refractivity contribution in [2.45, 2.75) is 25.5 Å². The van der Waals surface area contributed by atoms with E-state index in [1.165, 1.54) is 16.0 Å². The highest BCUT2D eigenvalue weighted by Crippen LogP contribution is 2.34. The quantitative estimate of drug-likeness (QED) is 0.358. The Bertz CT molecular complexity index is 911. The second-order valence-corrected chi connectivity index (χ2v) is 9.24. The summed E-state index contributed by atoms with van der Waals surface area (Å²) in [6.07, 6.45) is 3.55. The van der Waals surface area contributed by atoms with Gasteiger partial charge in [0.1, 0.15) is 12.4 Å². The summed E-state index contributed by atoms with van der Waals surface area (Å²) in [4.78, 5) is 18.5. The van der Waals surface area contributed by atoms with E-state index in [2.05, 4.69) is 24.6 Å². The first-order chi connectivity index (χ1) is 16.0. The predicted molar refractivity (Wildman–Crippen MR) is 133 cm³/mol. The van der Waals surface area contributed by atoms with Gasteiger partial charge in [-0.3, -0.25) is 9.69 Å². The van der Waals surface area contributed by atoms with Crippen LogP contribution in [0.15, 0.2) is 61.0 Å². The summed E-state index contributed by atoms with van der Waals surface area (Å²) in [5, 5.41) is 12.4. The highest BCUT2D eigenvalue weighted by Gasteiger charge is 2.33. The molecule has 1 aliphatic rings. The SMILES string of the molecule is C=CCOC[C@H](O)CN(CC=C)CC(=O)N1CCc2sccc2[C@@H]1COc1ccc(C)cc1. The Morgan fingerprint density at radius 2 is 2.09 bits per heavy atom. The first-order valence-electron chi connectivity index (χ1n) is 11.3. The molecule has 0 fully saturated rings. The zero-order valence-corrected chi connectivity index (χ0v) is 20.1. The average Bonchev–Trinajstić information content (AvgIpc) is 3.28. The third kappa shape index (κ3) is 7.27. The highest BCUT2D eigenvalue weighted by atomic mass is 32.1. The molecule has 2 aromatic rings. The number of thiophene rings is 1.